The van der Waals surface area contributed by atoms with Crippen molar-refractivity contribution in [2.45, 2.75) is 64.7 Å². The summed E-state index contributed by atoms with van der Waals surface area (Å²) in [7, 11) is -3.33. The Balaban J connectivity index is 1.88. The molecule has 1 aromatic heterocycles. The van der Waals surface area contributed by atoms with Crippen LogP contribution < -0.4 is 8.92 Å². The summed E-state index contributed by atoms with van der Waals surface area (Å²) in [6.45, 7) is 8.65. The monoisotopic (exact) mass is 581 g/mol. The van der Waals surface area contributed by atoms with Gasteiger partial charge in [-0.3, -0.25) is 4.79 Å². The third kappa shape index (κ3) is 8.77. The summed E-state index contributed by atoms with van der Waals surface area (Å²) < 4.78 is 81.2. The number of carbonyl (C=O) groups excluding carboxylic acids is 1. The van der Waals surface area contributed by atoms with Crippen molar-refractivity contribution < 1.29 is 39.7 Å². The van der Waals surface area contributed by atoms with E-state index in [-0.39, 0.29) is 41.8 Å². The smallest absolute Gasteiger partial charge is 0.416 e. The maximum atomic E-state index is 13.3. The summed E-state index contributed by atoms with van der Waals surface area (Å²) in [6.07, 6.45) is -2.06. The number of furan rings is 1. The molecule has 0 N–H and O–H groups in total. The molecule has 1 amide bonds. The highest BCUT2D eigenvalue weighted by Gasteiger charge is 2.32. The Kier molecular flexibility index (Phi) is 9.60. The second-order valence-electron chi connectivity index (χ2n) is 11.0. The first-order valence-electron chi connectivity index (χ1n) is 12.7. The van der Waals surface area contributed by atoms with E-state index in [1.807, 2.05) is 6.92 Å². The minimum atomic E-state index is -4.72. The lowest BCUT2D eigenvalue weighted by Gasteiger charge is -2.27. The number of nitrogens with zero attached hydrogens (tertiary/aromatic N) is 1. The predicted molar refractivity (Wildman–Crippen MR) is 143 cm³/mol. The molecule has 0 spiro atoms. The highest BCUT2D eigenvalue weighted by Crippen LogP contribution is 2.34. The summed E-state index contributed by atoms with van der Waals surface area (Å²) in [5.41, 5.74) is -0.539. The summed E-state index contributed by atoms with van der Waals surface area (Å²) in [5, 5.41) is 0. The van der Waals surface area contributed by atoms with Gasteiger partial charge in [0.15, 0.2) is 11.5 Å². The van der Waals surface area contributed by atoms with E-state index in [2.05, 4.69) is 20.8 Å². The molecule has 40 heavy (non-hydrogen) atoms. The molecule has 0 aliphatic rings. The summed E-state index contributed by atoms with van der Waals surface area (Å²) in [6, 6.07) is 11.3. The van der Waals surface area contributed by atoms with E-state index in [0.29, 0.717) is 23.8 Å². The minimum Gasteiger partial charge on any atom is -0.493 e. The Hall–Kier alpha value is -3.47. The number of rotatable bonds is 11. The average Bonchev–Trinajstić information content (AvgIpc) is 3.35. The van der Waals surface area contributed by atoms with Gasteiger partial charge >= 0.3 is 16.3 Å². The van der Waals surface area contributed by atoms with Crippen LogP contribution in [0.15, 0.2) is 70.2 Å². The molecule has 2 aromatic carbocycles. The lowest BCUT2D eigenvalue weighted by Crippen LogP contribution is -2.31. The Bertz CT molecular complexity index is 1400. The van der Waals surface area contributed by atoms with Crippen molar-refractivity contribution in [3.8, 4) is 11.5 Å². The first kappa shape index (κ1) is 31.1. The van der Waals surface area contributed by atoms with Gasteiger partial charge in [-0.15, -0.1) is 0 Å². The van der Waals surface area contributed by atoms with Gasteiger partial charge in [-0.05, 0) is 65.8 Å². The topological polar surface area (TPSA) is 86.0 Å². The normalized spacial score (nSPS) is 13.1. The second kappa shape index (κ2) is 12.4. The molecule has 7 nitrogen and oxygen atoms in total. The van der Waals surface area contributed by atoms with Crippen LogP contribution in [0.25, 0.3) is 0 Å². The number of alkyl halides is 3. The third-order valence-corrected chi connectivity index (χ3v) is 7.24. The first-order valence-corrected chi connectivity index (χ1v) is 14.1. The molecule has 3 aromatic rings. The molecule has 0 aliphatic heterocycles. The zero-order valence-electron chi connectivity index (χ0n) is 23.1. The maximum absolute atomic E-state index is 13.3. The van der Waals surface area contributed by atoms with Gasteiger partial charge in [-0.25, -0.2) is 0 Å². The number of benzene rings is 2. The van der Waals surface area contributed by atoms with Crippen LogP contribution in [-0.2, 0) is 34.2 Å². The molecule has 0 saturated heterocycles. The summed E-state index contributed by atoms with van der Waals surface area (Å²) in [5.74, 6) is 0.432. The van der Waals surface area contributed by atoms with Crippen molar-refractivity contribution >= 4 is 16.0 Å². The standard InChI is InChI=1S/C29H34F3NO6S/c1-20(17-28(2,3)4)14-27(34)33(19-23-9-7-13-38-23)18-21-11-12-25(37-5)26(15-21)39-40(35,36)24-10-6-8-22(16-24)29(30,31)32/h6-13,15-16,20H,14,17-19H2,1-5H3/t20-/m0/s1. The van der Waals surface area contributed by atoms with Gasteiger partial charge in [0.2, 0.25) is 5.91 Å². The van der Waals surface area contributed by atoms with Crippen molar-refractivity contribution in [2.24, 2.45) is 11.3 Å². The van der Waals surface area contributed by atoms with Crippen LogP contribution in [0.3, 0.4) is 0 Å². The molecule has 0 aliphatic carbocycles. The molecular formula is C29H34F3NO6S. The number of halogens is 3. The largest absolute Gasteiger partial charge is 0.493 e. The van der Waals surface area contributed by atoms with Crippen LogP contribution in [0.2, 0.25) is 0 Å². The number of carbonyl (C=O) groups is 1. The van der Waals surface area contributed by atoms with Gasteiger partial charge in [-0.2, -0.15) is 21.6 Å². The molecule has 11 heteroatoms. The van der Waals surface area contributed by atoms with Crippen molar-refractivity contribution in [1.82, 2.24) is 4.90 Å². The predicted octanol–water partition coefficient (Wildman–Crippen LogP) is 7.07. The molecule has 218 valence electrons. The van der Waals surface area contributed by atoms with Gasteiger partial charge in [-0.1, -0.05) is 39.8 Å². The molecule has 3 rings (SSSR count). The fourth-order valence-corrected chi connectivity index (χ4v) is 5.45. The van der Waals surface area contributed by atoms with Crippen LogP contribution in [0.5, 0.6) is 11.5 Å². The van der Waals surface area contributed by atoms with Crippen molar-refractivity contribution in [1.29, 1.82) is 0 Å². The summed E-state index contributed by atoms with van der Waals surface area (Å²) in [4.78, 5) is 14.3. The van der Waals surface area contributed by atoms with Crippen molar-refractivity contribution in [3.63, 3.8) is 0 Å². The summed E-state index contributed by atoms with van der Waals surface area (Å²) >= 11 is 0. The Morgan fingerprint density at radius 2 is 1.73 bits per heavy atom. The van der Waals surface area contributed by atoms with E-state index in [4.69, 9.17) is 13.3 Å². The van der Waals surface area contributed by atoms with E-state index in [9.17, 15) is 26.4 Å². The lowest BCUT2D eigenvalue weighted by atomic mass is 9.84. The Morgan fingerprint density at radius 3 is 2.33 bits per heavy atom. The van der Waals surface area contributed by atoms with Gasteiger partial charge in [0.1, 0.15) is 10.7 Å². The molecule has 0 radical (unpaired) electrons. The van der Waals surface area contributed by atoms with E-state index < -0.39 is 26.8 Å². The first-order chi connectivity index (χ1) is 18.6. The van der Waals surface area contributed by atoms with E-state index in [0.717, 1.165) is 24.6 Å². The average molecular weight is 582 g/mol. The van der Waals surface area contributed by atoms with Crippen LogP contribution in [0, 0.1) is 11.3 Å². The van der Waals surface area contributed by atoms with Gasteiger partial charge in [0.25, 0.3) is 0 Å². The van der Waals surface area contributed by atoms with Crippen molar-refractivity contribution in [3.05, 3.63) is 77.7 Å². The molecule has 1 atom stereocenters. The highest BCUT2D eigenvalue weighted by molar-refractivity contribution is 7.87. The Morgan fingerprint density at radius 1 is 1.00 bits per heavy atom. The van der Waals surface area contributed by atoms with E-state index in [1.165, 1.54) is 25.5 Å². The zero-order chi connectivity index (χ0) is 29.7. The van der Waals surface area contributed by atoms with Crippen LogP contribution in [0.4, 0.5) is 13.2 Å². The molecule has 0 saturated carbocycles. The highest BCUT2D eigenvalue weighted by atomic mass is 32.2. The van der Waals surface area contributed by atoms with Gasteiger partial charge < -0.3 is 18.2 Å². The fourth-order valence-electron chi connectivity index (χ4n) is 4.47. The van der Waals surface area contributed by atoms with Gasteiger partial charge in [0.05, 0.1) is 25.5 Å². The van der Waals surface area contributed by atoms with E-state index >= 15 is 0 Å². The lowest BCUT2D eigenvalue weighted by molar-refractivity contribution is -0.137. The molecule has 0 bridgehead atoms. The van der Waals surface area contributed by atoms with E-state index in [1.54, 1.807) is 23.1 Å². The van der Waals surface area contributed by atoms with Crippen LogP contribution in [0.1, 0.15) is 57.4 Å². The third-order valence-electron chi connectivity index (χ3n) is 6.01. The number of methoxy groups -OCH3 is 1. The zero-order valence-corrected chi connectivity index (χ0v) is 23.9. The van der Waals surface area contributed by atoms with Crippen LogP contribution >= 0.6 is 0 Å². The Labute approximate surface area is 233 Å². The van der Waals surface area contributed by atoms with Crippen molar-refractivity contribution in [2.75, 3.05) is 7.11 Å². The number of ether oxygens (including phenoxy) is 1. The molecule has 0 unspecified atom stereocenters. The maximum Gasteiger partial charge on any atom is 0.416 e. The number of amides is 1. The number of hydrogen-bond acceptors (Lipinski definition) is 6. The number of hydrogen-bond donors (Lipinski definition) is 0. The van der Waals surface area contributed by atoms with Crippen LogP contribution in [-0.4, -0.2) is 26.3 Å². The molecule has 1 heterocycles. The SMILES string of the molecule is COc1ccc(CN(Cc2ccco2)C(=O)C[C@H](C)CC(C)(C)C)cc1OS(=O)(=O)c1cccc(C(F)(F)F)c1. The molecular weight excluding hydrogens is 547 g/mol. The fraction of sp³-hybridized carbons (Fsp3) is 0.414. The quantitative estimate of drug-likeness (QED) is 0.225. The molecule has 0 fully saturated rings. The van der Waals surface area contributed by atoms with Gasteiger partial charge in [0, 0.05) is 13.0 Å². The second-order valence-corrected chi connectivity index (χ2v) is 12.5. The minimum absolute atomic E-state index is 0.0544.